The van der Waals surface area contributed by atoms with Gasteiger partial charge in [-0.05, 0) is 31.7 Å². The van der Waals surface area contributed by atoms with Gasteiger partial charge in [0.15, 0.2) is 11.0 Å². The second kappa shape index (κ2) is 4.66. The first-order chi connectivity index (χ1) is 11.1. The van der Waals surface area contributed by atoms with Crippen LogP contribution >= 0.6 is 0 Å². The molecule has 2 bridgehead atoms. The van der Waals surface area contributed by atoms with Crippen molar-refractivity contribution in [1.29, 1.82) is 0 Å². The van der Waals surface area contributed by atoms with Gasteiger partial charge < -0.3 is 9.47 Å². The summed E-state index contributed by atoms with van der Waals surface area (Å²) in [6, 6.07) is 6.86. The molecule has 0 unspecified atom stereocenters. The summed E-state index contributed by atoms with van der Waals surface area (Å²) in [7, 11) is 0. The largest absolute Gasteiger partial charge is 0.465 e. The second-order valence-electron chi connectivity index (χ2n) is 6.48. The summed E-state index contributed by atoms with van der Waals surface area (Å²) < 4.78 is 10.9. The molecule has 1 saturated carbocycles. The third-order valence-electron chi connectivity index (χ3n) is 5.55. The fraction of sp³-hybridized carbons (Fsp3) is 0.500. The predicted molar refractivity (Wildman–Crippen MR) is 79.9 cm³/mol. The molecule has 3 aliphatic rings. The van der Waals surface area contributed by atoms with Crippen LogP contribution in [0, 0.1) is 5.92 Å². The Kier molecular flexibility index (Phi) is 2.92. The molecule has 2 fully saturated rings. The van der Waals surface area contributed by atoms with Crippen LogP contribution in [0.3, 0.4) is 0 Å². The highest BCUT2D eigenvalue weighted by Crippen LogP contribution is 2.60. The highest BCUT2D eigenvalue weighted by Gasteiger charge is 2.76. The lowest BCUT2D eigenvalue weighted by molar-refractivity contribution is -0.160. The molecule has 0 radical (unpaired) electrons. The van der Waals surface area contributed by atoms with Gasteiger partial charge in [-0.3, -0.25) is 14.4 Å². The van der Waals surface area contributed by atoms with Gasteiger partial charge in [0.2, 0.25) is 5.78 Å². The molecule has 1 aromatic rings. The third kappa shape index (κ3) is 1.50. The summed E-state index contributed by atoms with van der Waals surface area (Å²) in [5.74, 6) is -1.83. The van der Waals surface area contributed by atoms with E-state index in [2.05, 4.69) is 0 Å². The molecule has 0 spiro atoms. The minimum atomic E-state index is -1.49. The number of hydrogen-bond acceptors (Lipinski definition) is 5. The number of ether oxygens (including phenoxy) is 2. The van der Waals surface area contributed by atoms with Crippen LogP contribution in [0.5, 0.6) is 0 Å². The minimum absolute atomic E-state index is 0.163. The molecular weight excluding hydrogens is 296 g/mol. The van der Waals surface area contributed by atoms with Crippen LogP contribution in [0.1, 0.15) is 48.5 Å². The van der Waals surface area contributed by atoms with Crippen molar-refractivity contribution in [3.63, 3.8) is 0 Å². The smallest absolute Gasteiger partial charge is 0.329 e. The van der Waals surface area contributed by atoms with Crippen LogP contribution in [0.4, 0.5) is 0 Å². The Morgan fingerprint density at radius 2 is 2.09 bits per heavy atom. The zero-order chi connectivity index (χ0) is 16.2. The van der Waals surface area contributed by atoms with E-state index in [0.29, 0.717) is 24.0 Å². The number of ketones is 1. The van der Waals surface area contributed by atoms with Gasteiger partial charge in [-0.25, -0.2) is 0 Å². The predicted octanol–water partition coefficient (Wildman–Crippen LogP) is 2.17. The van der Waals surface area contributed by atoms with Gasteiger partial charge in [0.1, 0.15) is 0 Å². The van der Waals surface area contributed by atoms with Crippen molar-refractivity contribution in [3.05, 3.63) is 35.4 Å². The first-order valence-electron chi connectivity index (χ1n) is 8.14. The van der Waals surface area contributed by atoms with Crippen molar-refractivity contribution < 1.29 is 23.9 Å². The summed E-state index contributed by atoms with van der Waals surface area (Å²) in [5.41, 5.74) is -1.80. The van der Waals surface area contributed by atoms with E-state index < -0.39 is 28.9 Å². The normalized spacial score (nSPS) is 34.4. The van der Waals surface area contributed by atoms with Gasteiger partial charge >= 0.3 is 11.9 Å². The van der Waals surface area contributed by atoms with Crippen LogP contribution in [0.2, 0.25) is 0 Å². The van der Waals surface area contributed by atoms with E-state index in [0.717, 1.165) is 12.8 Å². The van der Waals surface area contributed by atoms with E-state index in [-0.39, 0.29) is 12.4 Å². The molecule has 0 amide bonds. The van der Waals surface area contributed by atoms with E-state index in [1.165, 1.54) is 0 Å². The van der Waals surface area contributed by atoms with Gasteiger partial charge in [0.25, 0.3) is 0 Å². The maximum atomic E-state index is 13.1. The third-order valence-corrected chi connectivity index (χ3v) is 5.55. The van der Waals surface area contributed by atoms with Gasteiger partial charge in [0.05, 0.1) is 6.61 Å². The summed E-state index contributed by atoms with van der Waals surface area (Å²) >= 11 is 0. The number of benzene rings is 1. The standard InChI is InChI=1S/C18H18O5/c1-2-22-15(20)18-12-8-4-3-7-11(12)14(19)17(23-16(18)21)10-6-5-9-13(17)18/h3-4,7-8,13H,2,5-6,9-10H2,1H3/t13-,17+,18+/m1/s1. The van der Waals surface area contributed by atoms with Crippen LogP contribution in [0.25, 0.3) is 0 Å². The maximum absolute atomic E-state index is 13.1. The lowest BCUT2D eigenvalue weighted by Gasteiger charge is -2.44. The topological polar surface area (TPSA) is 69.7 Å². The average Bonchev–Trinajstić information content (AvgIpc) is 2.80. The monoisotopic (exact) mass is 314 g/mol. The summed E-state index contributed by atoms with van der Waals surface area (Å²) in [6.45, 7) is 1.90. The molecule has 1 saturated heterocycles. The molecule has 2 aliphatic carbocycles. The minimum Gasteiger partial charge on any atom is -0.465 e. The molecule has 3 atom stereocenters. The number of Topliss-reactive ketones (excluding diaryl/α,β-unsaturated/α-hetero) is 1. The summed E-state index contributed by atoms with van der Waals surface area (Å²) in [4.78, 5) is 38.8. The van der Waals surface area contributed by atoms with E-state index in [1.807, 2.05) is 0 Å². The van der Waals surface area contributed by atoms with Crippen molar-refractivity contribution >= 4 is 17.7 Å². The van der Waals surface area contributed by atoms with Gasteiger partial charge in [-0.15, -0.1) is 0 Å². The average molecular weight is 314 g/mol. The maximum Gasteiger partial charge on any atom is 0.329 e. The molecular formula is C18H18O5. The number of carbonyl (C=O) groups excluding carboxylic acids is 3. The first kappa shape index (κ1) is 14.4. The van der Waals surface area contributed by atoms with E-state index in [9.17, 15) is 14.4 Å². The second-order valence-corrected chi connectivity index (χ2v) is 6.48. The SMILES string of the molecule is CCOC(=O)[C@@]12C(=O)O[C@]3(CCCC[C@@H]13)C(=O)c1ccccc12. The molecule has 1 aromatic carbocycles. The van der Waals surface area contributed by atoms with E-state index >= 15 is 0 Å². The van der Waals surface area contributed by atoms with Crippen molar-refractivity contribution in [2.75, 3.05) is 6.61 Å². The zero-order valence-corrected chi connectivity index (χ0v) is 13.0. The van der Waals surface area contributed by atoms with Crippen molar-refractivity contribution in [1.82, 2.24) is 0 Å². The number of hydrogen-bond donors (Lipinski definition) is 0. The molecule has 120 valence electrons. The van der Waals surface area contributed by atoms with E-state index in [4.69, 9.17) is 9.47 Å². The zero-order valence-electron chi connectivity index (χ0n) is 13.0. The van der Waals surface area contributed by atoms with Crippen LogP contribution in [-0.2, 0) is 24.5 Å². The van der Waals surface area contributed by atoms with E-state index in [1.54, 1.807) is 31.2 Å². The summed E-state index contributed by atoms with van der Waals surface area (Å²) in [6.07, 6.45) is 2.79. The fourth-order valence-electron chi connectivity index (χ4n) is 4.67. The van der Waals surface area contributed by atoms with Gasteiger partial charge in [-0.1, -0.05) is 30.7 Å². The Hall–Kier alpha value is -2.17. The number of rotatable bonds is 2. The molecule has 5 heteroatoms. The van der Waals surface area contributed by atoms with Crippen molar-refractivity contribution in [3.8, 4) is 0 Å². The van der Waals surface area contributed by atoms with Crippen molar-refractivity contribution in [2.24, 2.45) is 5.92 Å². The van der Waals surface area contributed by atoms with Crippen LogP contribution < -0.4 is 0 Å². The summed E-state index contributed by atoms with van der Waals surface area (Å²) in [5, 5.41) is 0. The Morgan fingerprint density at radius 3 is 2.87 bits per heavy atom. The lowest BCUT2D eigenvalue weighted by Crippen LogP contribution is -2.58. The van der Waals surface area contributed by atoms with Crippen LogP contribution in [0.15, 0.2) is 24.3 Å². The fourth-order valence-corrected chi connectivity index (χ4v) is 4.67. The first-order valence-corrected chi connectivity index (χ1v) is 8.14. The number of carbonyl (C=O) groups is 3. The molecule has 1 aliphatic heterocycles. The molecule has 0 N–H and O–H groups in total. The highest BCUT2D eigenvalue weighted by molar-refractivity contribution is 6.19. The quantitative estimate of drug-likeness (QED) is 0.618. The van der Waals surface area contributed by atoms with Gasteiger partial charge in [-0.2, -0.15) is 0 Å². The molecule has 4 rings (SSSR count). The molecule has 0 aromatic heterocycles. The Labute approximate surface area is 134 Å². The Bertz CT molecular complexity index is 724. The molecule has 5 nitrogen and oxygen atoms in total. The van der Waals surface area contributed by atoms with Crippen molar-refractivity contribution in [2.45, 2.75) is 43.6 Å². The van der Waals surface area contributed by atoms with Gasteiger partial charge in [0, 0.05) is 11.5 Å². The Balaban J connectivity index is 2.04. The molecule has 1 heterocycles. The number of fused-ring (bicyclic) bond motifs is 2. The Morgan fingerprint density at radius 1 is 1.30 bits per heavy atom. The number of esters is 2. The highest BCUT2D eigenvalue weighted by atomic mass is 16.6. The van der Waals surface area contributed by atoms with Crippen LogP contribution in [-0.4, -0.2) is 29.9 Å². The molecule has 23 heavy (non-hydrogen) atoms. The lowest BCUT2D eigenvalue weighted by atomic mass is 9.55.